The van der Waals surface area contributed by atoms with Crippen molar-refractivity contribution in [1.82, 2.24) is 0 Å². The lowest BCUT2D eigenvalue weighted by Gasteiger charge is -2.10. The summed E-state index contributed by atoms with van der Waals surface area (Å²) < 4.78 is 19.6. The van der Waals surface area contributed by atoms with Crippen molar-refractivity contribution in [3.05, 3.63) is 57.7 Å². The summed E-state index contributed by atoms with van der Waals surface area (Å²) in [5, 5.41) is 0. The molecular weight excluding hydrogens is 273 g/mol. The Kier molecular flexibility index (Phi) is 3.12. The van der Waals surface area contributed by atoms with Crippen LogP contribution in [0.5, 0.6) is 0 Å². The van der Waals surface area contributed by atoms with Crippen LogP contribution in [0.3, 0.4) is 0 Å². The standard InChI is InChI=1S/C12H11BrFNO/c1-7-2-3-8(9(14)6-7)12(15)10-4-5-11(13)16-10/h2-6,12H,15H2,1H3. The van der Waals surface area contributed by atoms with Crippen LogP contribution < -0.4 is 5.73 Å². The van der Waals surface area contributed by atoms with Crippen molar-refractivity contribution in [3.8, 4) is 0 Å². The van der Waals surface area contributed by atoms with E-state index in [1.165, 1.54) is 6.07 Å². The largest absolute Gasteiger partial charge is 0.452 e. The predicted octanol–water partition coefficient (Wildman–Crippen LogP) is 3.54. The second-order valence-electron chi connectivity index (χ2n) is 3.64. The van der Waals surface area contributed by atoms with Crippen molar-refractivity contribution >= 4 is 15.9 Å². The van der Waals surface area contributed by atoms with E-state index in [0.29, 0.717) is 16.0 Å². The molecule has 0 saturated heterocycles. The molecule has 4 heteroatoms. The summed E-state index contributed by atoms with van der Waals surface area (Å²) in [6.45, 7) is 1.84. The minimum absolute atomic E-state index is 0.306. The first-order chi connectivity index (χ1) is 7.58. The van der Waals surface area contributed by atoms with Crippen LogP contribution in [0.1, 0.15) is 22.9 Å². The van der Waals surface area contributed by atoms with Crippen LogP contribution in [0.15, 0.2) is 39.4 Å². The van der Waals surface area contributed by atoms with Gasteiger partial charge in [-0.25, -0.2) is 4.39 Å². The Morgan fingerprint density at radius 1 is 1.31 bits per heavy atom. The summed E-state index contributed by atoms with van der Waals surface area (Å²) in [4.78, 5) is 0. The Morgan fingerprint density at radius 3 is 2.62 bits per heavy atom. The number of aryl methyl sites for hydroxylation is 1. The monoisotopic (exact) mass is 283 g/mol. The highest BCUT2D eigenvalue weighted by molar-refractivity contribution is 9.10. The van der Waals surface area contributed by atoms with Gasteiger partial charge in [-0.2, -0.15) is 0 Å². The molecule has 0 fully saturated rings. The van der Waals surface area contributed by atoms with Gasteiger partial charge in [0, 0.05) is 5.56 Å². The van der Waals surface area contributed by atoms with Gasteiger partial charge in [-0.1, -0.05) is 12.1 Å². The first kappa shape index (κ1) is 11.4. The van der Waals surface area contributed by atoms with Crippen molar-refractivity contribution in [1.29, 1.82) is 0 Å². The number of hydrogen-bond donors (Lipinski definition) is 1. The van der Waals surface area contributed by atoms with Gasteiger partial charge in [0.2, 0.25) is 0 Å². The molecule has 2 N–H and O–H groups in total. The zero-order chi connectivity index (χ0) is 11.7. The van der Waals surface area contributed by atoms with Crippen LogP contribution >= 0.6 is 15.9 Å². The van der Waals surface area contributed by atoms with E-state index in [4.69, 9.17) is 10.2 Å². The quantitative estimate of drug-likeness (QED) is 0.916. The molecule has 84 valence electrons. The van der Waals surface area contributed by atoms with Gasteiger partial charge in [0.15, 0.2) is 4.67 Å². The maximum atomic E-state index is 13.7. The molecule has 0 amide bonds. The summed E-state index contributed by atoms with van der Waals surface area (Å²) in [5.41, 5.74) is 7.23. The second-order valence-corrected chi connectivity index (χ2v) is 4.43. The molecular formula is C12H11BrFNO. The fourth-order valence-electron chi connectivity index (χ4n) is 1.53. The van der Waals surface area contributed by atoms with Gasteiger partial charge in [0.25, 0.3) is 0 Å². The molecule has 0 radical (unpaired) electrons. The van der Waals surface area contributed by atoms with E-state index in [0.717, 1.165) is 5.56 Å². The summed E-state index contributed by atoms with van der Waals surface area (Å²) in [7, 11) is 0. The molecule has 0 aliphatic rings. The van der Waals surface area contributed by atoms with Crippen LogP contribution in [-0.4, -0.2) is 0 Å². The van der Waals surface area contributed by atoms with Crippen LogP contribution in [0, 0.1) is 12.7 Å². The molecule has 0 spiro atoms. The van der Waals surface area contributed by atoms with E-state index < -0.39 is 6.04 Å². The van der Waals surface area contributed by atoms with Crippen molar-refractivity contribution in [2.24, 2.45) is 5.73 Å². The number of furan rings is 1. The van der Waals surface area contributed by atoms with E-state index in [2.05, 4.69) is 15.9 Å². The van der Waals surface area contributed by atoms with Crippen LogP contribution in [0.25, 0.3) is 0 Å². The third kappa shape index (κ3) is 2.18. The number of nitrogens with two attached hydrogens (primary N) is 1. The molecule has 16 heavy (non-hydrogen) atoms. The van der Waals surface area contributed by atoms with Gasteiger partial charge in [0.1, 0.15) is 11.6 Å². The SMILES string of the molecule is Cc1ccc(C(N)c2ccc(Br)o2)c(F)c1. The zero-order valence-electron chi connectivity index (χ0n) is 8.71. The fourth-order valence-corrected chi connectivity index (χ4v) is 1.85. The van der Waals surface area contributed by atoms with E-state index in [-0.39, 0.29) is 5.82 Å². The first-order valence-corrected chi connectivity index (χ1v) is 5.64. The Hall–Kier alpha value is -1.13. The normalized spacial score (nSPS) is 12.8. The first-order valence-electron chi connectivity index (χ1n) is 4.85. The smallest absolute Gasteiger partial charge is 0.169 e. The minimum Gasteiger partial charge on any atom is -0.452 e. The lowest BCUT2D eigenvalue weighted by Crippen LogP contribution is -2.12. The van der Waals surface area contributed by atoms with E-state index in [9.17, 15) is 4.39 Å². The van der Waals surface area contributed by atoms with E-state index in [1.807, 2.05) is 13.0 Å². The molecule has 1 unspecified atom stereocenters. The minimum atomic E-state index is -0.577. The molecule has 2 nitrogen and oxygen atoms in total. The van der Waals surface area contributed by atoms with Crippen molar-refractivity contribution in [2.75, 3.05) is 0 Å². The van der Waals surface area contributed by atoms with Gasteiger partial charge in [-0.3, -0.25) is 0 Å². The van der Waals surface area contributed by atoms with Gasteiger partial charge >= 0.3 is 0 Å². The Labute approximate surface area is 101 Å². The molecule has 2 rings (SSSR count). The zero-order valence-corrected chi connectivity index (χ0v) is 10.3. The Bertz CT molecular complexity index is 509. The third-order valence-corrected chi connectivity index (χ3v) is 2.82. The highest BCUT2D eigenvalue weighted by atomic mass is 79.9. The molecule has 0 aliphatic heterocycles. The molecule has 2 aromatic rings. The maximum absolute atomic E-state index is 13.7. The average molecular weight is 284 g/mol. The summed E-state index contributed by atoms with van der Waals surface area (Å²) in [6, 6.07) is 7.87. The van der Waals surface area contributed by atoms with Crippen LogP contribution in [0.4, 0.5) is 4.39 Å². The van der Waals surface area contributed by atoms with Gasteiger partial charge in [-0.15, -0.1) is 0 Å². The molecule has 1 aromatic heterocycles. The molecule has 1 atom stereocenters. The highest BCUT2D eigenvalue weighted by Crippen LogP contribution is 2.26. The summed E-state index contributed by atoms with van der Waals surface area (Å²) in [5.74, 6) is 0.231. The fraction of sp³-hybridized carbons (Fsp3) is 0.167. The van der Waals surface area contributed by atoms with Crippen molar-refractivity contribution in [3.63, 3.8) is 0 Å². The molecule has 0 bridgehead atoms. The predicted molar refractivity (Wildman–Crippen MR) is 63.6 cm³/mol. The molecule has 1 aromatic carbocycles. The number of benzene rings is 1. The number of hydrogen-bond acceptors (Lipinski definition) is 2. The molecule has 1 heterocycles. The van der Waals surface area contributed by atoms with Crippen LogP contribution in [-0.2, 0) is 0 Å². The second kappa shape index (κ2) is 4.39. The van der Waals surface area contributed by atoms with Gasteiger partial charge in [-0.05, 0) is 46.6 Å². The van der Waals surface area contributed by atoms with Gasteiger partial charge in [0.05, 0.1) is 6.04 Å². The Morgan fingerprint density at radius 2 is 2.06 bits per heavy atom. The number of rotatable bonds is 2. The number of halogens is 2. The molecule has 0 saturated carbocycles. The molecule has 0 aliphatic carbocycles. The lowest BCUT2D eigenvalue weighted by molar-refractivity contribution is 0.463. The summed E-state index contributed by atoms with van der Waals surface area (Å²) >= 11 is 3.19. The van der Waals surface area contributed by atoms with Gasteiger partial charge < -0.3 is 10.2 Å². The third-order valence-electron chi connectivity index (χ3n) is 2.39. The lowest BCUT2D eigenvalue weighted by atomic mass is 10.0. The van der Waals surface area contributed by atoms with E-state index in [1.54, 1.807) is 18.2 Å². The Balaban J connectivity index is 2.37. The van der Waals surface area contributed by atoms with Crippen molar-refractivity contribution < 1.29 is 8.81 Å². The summed E-state index contributed by atoms with van der Waals surface area (Å²) in [6.07, 6.45) is 0. The van der Waals surface area contributed by atoms with Crippen molar-refractivity contribution in [2.45, 2.75) is 13.0 Å². The maximum Gasteiger partial charge on any atom is 0.169 e. The topological polar surface area (TPSA) is 39.2 Å². The average Bonchev–Trinajstić information content (AvgIpc) is 2.64. The van der Waals surface area contributed by atoms with Crippen LogP contribution in [0.2, 0.25) is 0 Å². The van der Waals surface area contributed by atoms with E-state index >= 15 is 0 Å². The highest BCUT2D eigenvalue weighted by Gasteiger charge is 2.16.